The highest BCUT2D eigenvalue weighted by molar-refractivity contribution is 5.94. The van der Waals surface area contributed by atoms with Crippen molar-refractivity contribution in [1.29, 1.82) is 5.41 Å². The number of amides is 2. The summed E-state index contributed by atoms with van der Waals surface area (Å²) < 4.78 is 40.9. The minimum atomic E-state index is -4.54. The molecule has 0 aliphatic heterocycles. The molecule has 0 saturated heterocycles. The van der Waals surface area contributed by atoms with Crippen molar-refractivity contribution in [3.63, 3.8) is 0 Å². The van der Waals surface area contributed by atoms with E-state index in [-0.39, 0.29) is 18.1 Å². The molecular weight excluding hydrogens is 239 g/mol. The number of amidine groups is 1. The molecule has 0 aliphatic rings. The first-order valence-electron chi connectivity index (χ1n) is 4.55. The average Bonchev–Trinajstić information content (AvgIpc) is 2.61. The van der Waals surface area contributed by atoms with Gasteiger partial charge in [0.2, 0.25) is 5.76 Å². The van der Waals surface area contributed by atoms with Gasteiger partial charge in [-0.05, 0) is 19.1 Å². The van der Waals surface area contributed by atoms with Gasteiger partial charge < -0.3 is 9.73 Å². The zero-order valence-electron chi connectivity index (χ0n) is 8.81. The van der Waals surface area contributed by atoms with Gasteiger partial charge in [-0.1, -0.05) is 0 Å². The van der Waals surface area contributed by atoms with Crippen LogP contribution in [0, 0.1) is 5.41 Å². The molecule has 0 aliphatic carbocycles. The second kappa shape index (κ2) is 4.89. The standard InChI is InChI=1S/C9H10F3N3O2/c1-5(13)15-8(16)14-4-6-2-3-7(17-6)9(10,11)12/h2-3H,4H2,1H3,(H3,13,14,15,16). The highest BCUT2D eigenvalue weighted by atomic mass is 19.4. The Bertz CT molecular complexity index is 425. The number of furan rings is 1. The van der Waals surface area contributed by atoms with Crippen molar-refractivity contribution in [2.45, 2.75) is 19.6 Å². The number of carbonyl (C=O) groups is 1. The molecule has 0 radical (unpaired) electrons. The van der Waals surface area contributed by atoms with Crippen LogP contribution in [0.15, 0.2) is 16.5 Å². The van der Waals surface area contributed by atoms with Gasteiger partial charge in [0.25, 0.3) is 0 Å². The van der Waals surface area contributed by atoms with E-state index in [1.165, 1.54) is 6.92 Å². The van der Waals surface area contributed by atoms with E-state index in [2.05, 4.69) is 15.1 Å². The lowest BCUT2D eigenvalue weighted by Crippen LogP contribution is -2.37. The molecule has 8 heteroatoms. The van der Waals surface area contributed by atoms with Gasteiger partial charge in [-0.2, -0.15) is 13.2 Å². The van der Waals surface area contributed by atoms with E-state index in [9.17, 15) is 18.0 Å². The lowest BCUT2D eigenvalue weighted by atomic mass is 10.4. The SMILES string of the molecule is CC(=N)NC(=O)NCc1ccc(C(F)(F)F)o1. The number of hydrogen-bond donors (Lipinski definition) is 3. The molecule has 0 spiro atoms. The minimum Gasteiger partial charge on any atom is -0.455 e. The maximum Gasteiger partial charge on any atom is 0.449 e. The average molecular weight is 249 g/mol. The smallest absolute Gasteiger partial charge is 0.449 e. The van der Waals surface area contributed by atoms with Crippen LogP contribution in [0.1, 0.15) is 18.4 Å². The van der Waals surface area contributed by atoms with Gasteiger partial charge in [-0.3, -0.25) is 10.7 Å². The molecule has 0 fully saturated rings. The monoisotopic (exact) mass is 249 g/mol. The van der Waals surface area contributed by atoms with E-state index >= 15 is 0 Å². The summed E-state index contributed by atoms with van der Waals surface area (Å²) in [6.45, 7) is 1.17. The Kier molecular flexibility index (Phi) is 3.77. The fourth-order valence-electron chi connectivity index (χ4n) is 1.01. The van der Waals surface area contributed by atoms with E-state index in [0.717, 1.165) is 12.1 Å². The number of hydrogen-bond acceptors (Lipinski definition) is 3. The molecule has 1 rings (SSSR count). The normalized spacial score (nSPS) is 11.1. The summed E-state index contributed by atoms with van der Waals surface area (Å²) in [5.41, 5.74) is 0. The van der Waals surface area contributed by atoms with Crippen molar-refractivity contribution in [2.24, 2.45) is 0 Å². The molecule has 94 valence electrons. The highest BCUT2D eigenvalue weighted by Crippen LogP contribution is 2.30. The lowest BCUT2D eigenvalue weighted by molar-refractivity contribution is -0.153. The largest absolute Gasteiger partial charge is 0.455 e. The van der Waals surface area contributed by atoms with Crippen molar-refractivity contribution in [2.75, 3.05) is 0 Å². The quantitative estimate of drug-likeness (QED) is 0.554. The third-order valence-electron chi connectivity index (χ3n) is 1.67. The van der Waals surface area contributed by atoms with Crippen LogP contribution in [0.4, 0.5) is 18.0 Å². The molecule has 0 aromatic carbocycles. The zero-order chi connectivity index (χ0) is 13.1. The van der Waals surface area contributed by atoms with Gasteiger partial charge in [0.05, 0.1) is 12.4 Å². The Morgan fingerprint density at radius 1 is 1.47 bits per heavy atom. The number of carbonyl (C=O) groups excluding carboxylic acids is 1. The van der Waals surface area contributed by atoms with E-state index < -0.39 is 18.0 Å². The van der Waals surface area contributed by atoms with Crippen molar-refractivity contribution >= 4 is 11.9 Å². The van der Waals surface area contributed by atoms with Gasteiger partial charge in [0.15, 0.2) is 0 Å². The molecule has 0 saturated carbocycles. The molecule has 1 heterocycles. The molecule has 2 amide bonds. The van der Waals surface area contributed by atoms with Crippen LogP contribution in [0.5, 0.6) is 0 Å². The van der Waals surface area contributed by atoms with E-state index in [4.69, 9.17) is 5.41 Å². The molecule has 0 unspecified atom stereocenters. The second-order valence-electron chi connectivity index (χ2n) is 3.20. The molecule has 0 atom stereocenters. The summed E-state index contributed by atoms with van der Waals surface area (Å²) in [5, 5.41) is 11.3. The van der Waals surface area contributed by atoms with E-state index in [1.54, 1.807) is 0 Å². The van der Waals surface area contributed by atoms with E-state index in [0.29, 0.717) is 0 Å². The number of halogens is 3. The van der Waals surface area contributed by atoms with Crippen molar-refractivity contribution in [1.82, 2.24) is 10.6 Å². The van der Waals surface area contributed by atoms with Gasteiger partial charge in [0.1, 0.15) is 5.76 Å². The van der Waals surface area contributed by atoms with E-state index in [1.807, 2.05) is 0 Å². The Hall–Kier alpha value is -1.99. The third-order valence-corrected chi connectivity index (χ3v) is 1.67. The maximum atomic E-state index is 12.2. The van der Waals surface area contributed by atoms with Crippen LogP contribution in [-0.2, 0) is 12.7 Å². The molecule has 3 N–H and O–H groups in total. The Labute approximate surface area is 94.5 Å². The van der Waals surface area contributed by atoms with Gasteiger partial charge in [-0.15, -0.1) is 0 Å². The number of urea groups is 1. The first-order chi connectivity index (χ1) is 7.79. The Morgan fingerprint density at radius 3 is 2.59 bits per heavy atom. The van der Waals surface area contributed by atoms with Crippen LogP contribution >= 0.6 is 0 Å². The van der Waals surface area contributed by atoms with Gasteiger partial charge in [0, 0.05) is 0 Å². The molecule has 0 bridgehead atoms. The molecule has 1 aromatic rings. The first-order valence-corrected chi connectivity index (χ1v) is 4.55. The summed E-state index contributed by atoms with van der Waals surface area (Å²) >= 11 is 0. The van der Waals surface area contributed by atoms with Crippen molar-refractivity contribution in [3.8, 4) is 0 Å². The summed E-state index contributed by atoms with van der Waals surface area (Å²) in [7, 11) is 0. The van der Waals surface area contributed by atoms with Crippen LogP contribution in [0.2, 0.25) is 0 Å². The summed E-state index contributed by atoms with van der Waals surface area (Å²) in [4.78, 5) is 11.0. The van der Waals surface area contributed by atoms with Crippen molar-refractivity contribution in [3.05, 3.63) is 23.7 Å². The Morgan fingerprint density at radius 2 is 2.12 bits per heavy atom. The van der Waals surface area contributed by atoms with Crippen molar-refractivity contribution < 1.29 is 22.4 Å². The summed E-state index contributed by atoms with van der Waals surface area (Å²) in [6, 6.07) is 1.24. The van der Waals surface area contributed by atoms with Gasteiger partial charge >= 0.3 is 12.2 Å². The molecule has 17 heavy (non-hydrogen) atoms. The van der Waals surface area contributed by atoms with Gasteiger partial charge in [-0.25, -0.2) is 4.79 Å². The molecular formula is C9H10F3N3O2. The predicted octanol–water partition coefficient (Wildman–Crippen LogP) is 2.09. The number of nitrogens with one attached hydrogen (secondary N) is 3. The fraction of sp³-hybridized carbons (Fsp3) is 0.333. The van der Waals surface area contributed by atoms with Crippen LogP contribution in [0.3, 0.4) is 0 Å². The predicted molar refractivity (Wildman–Crippen MR) is 52.5 cm³/mol. The molecule has 5 nitrogen and oxygen atoms in total. The second-order valence-corrected chi connectivity index (χ2v) is 3.20. The highest BCUT2D eigenvalue weighted by Gasteiger charge is 2.34. The third kappa shape index (κ3) is 4.17. The van der Waals surface area contributed by atoms with Crippen LogP contribution < -0.4 is 10.6 Å². The summed E-state index contributed by atoms with van der Waals surface area (Å²) in [6.07, 6.45) is -4.54. The first kappa shape index (κ1) is 13.1. The maximum absolute atomic E-state index is 12.2. The Balaban J connectivity index is 2.51. The lowest BCUT2D eigenvalue weighted by Gasteiger charge is -2.04. The topological polar surface area (TPSA) is 78.1 Å². The number of rotatable bonds is 2. The fourth-order valence-corrected chi connectivity index (χ4v) is 1.01. The number of alkyl halides is 3. The van der Waals surface area contributed by atoms with Crippen LogP contribution in [-0.4, -0.2) is 11.9 Å². The van der Waals surface area contributed by atoms with Crippen LogP contribution in [0.25, 0.3) is 0 Å². The zero-order valence-corrected chi connectivity index (χ0v) is 8.81. The minimum absolute atomic E-state index is 0.0184. The molecule has 1 aromatic heterocycles. The summed E-state index contributed by atoms with van der Waals surface area (Å²) in [5.74, 6) is -1.20.